The summed E-state index contributed by atoms with van der Waals surface area (Å²) in [5.41, 5.74) is 0. The fraction of sp³-hybridized carbons (Fsp3) is 1.00. The minimum atomic E-state index is -0.247. The molecule has 0 aromatic rings. The van der Waals surface area contributed by atoms with E-state index in [4.69, 9.17) is 4.74 Å². The molecule has 0 aromatic carbocycles. The van der Waals surface area contributed by atoms with Crippen molar-refractivity contribution < 1.29 is 9.84 Å². The van der Waals surface area contributed by atoms with Crippen molar-refractivity contribution in [2.75, 3.05) is 20.2 Å². The van der Waals surface area contributed by atoms with Crippen LogP contribution in [0, 0.1) is 0 Å². The fourth-order valence-electron chi connectivity index (χ4n) is 1.45. The van der Waals surface area contributed by atoms with Crippen LogP contribution in [0.1, 0.15) is 19.3 Å². The third-order valence-corrected chi connectivity index (χ3v) is 2.00. The highest BCUT2D eigenvalue weighted by Gasteiger charge is 2.18. The van der Waals surface area contributed by atoms with Crippen LogP contribution in [0.3, 0.4) is 0 Å². The van der Waals surface area contributed by atoms with Gasteiger partial charge in [-0.15, -0.1) is 0 Å². The smallest absolute Gasteiger partial charge is 0.0689 e. The Morgan fingerprint density at radius 1 is 1.73 bits per heavy atom. The quantitative estimate of drug-likeness (QED) is 0.613. The Labute approximate surface area is 67.7 Å². The number of rotatable bonds is 4. The first-order valence-corrected chi connectivity index (χ1v) is 4.27. The molecule has 1 fully saturated rings. The van der Waals surface area contributed by atoms with Gasteiger partial charge >= 0.3 is 0 Å². The summed E-state index contributed by atoms with van der Waals surface area (Å²) in [6.07, 6.45) is 3.10. The second-order valence-electron chi connectivity index (χ2n) is 3.08. The monoisotopic (exact) mass is 159 g/mol. The Morgan fingerprint density at radius 2 is 2.55 bits per heavy atom. The van der Waals surface area contributed by atoms with Crippen LogP contribution in [0.4, 0.5) is 0 Å². The molecule has 0 aliphatic carbocycles. The summed E-state index contributed by atoms with van der Waals surface area (Å²) < 4.78 is 5.38. The van der Waals surface area contributed by atoms with Gasteiger partial charge in [-0.05, 0) is 19.9 Å². The maximum absolute atomic E-state index is 9.37. The molecule has 1 aliphatic heterocycles. The van der Waals surface area contributed by atoms with Gasteiger partial charge in [0.05, 0.1) is 12.2 Å². The van der Waals surface area contributed by atoms with Crippen LogP contribution < -0.4 is 5.32 Å². The molecule has 2 atom stereocenters. The van der Waals surface area contributed by atoms with Crippen LogP contribution in [-0.2, 0) is 4.74 Å². The molecule has 1 saturated heterocycles. The maximum Gasteiger partial charge on any atom is 0.0689 e. The van der Waals surface area contributed by atoms with Crippen LogP contribution in [0.2, 0.25) is 0 Å². The molecule has 3 nitrogen and oxygen atoms in total. The minimum absolute atomic E-state index is 0.247. The topological polar surface area (TPSA) is 41.5 Å². The summed E-state index contributed by atoms with van der Waals surface area (Å²) in [7, 11) is 1.85. The highest BCUT2D eigenvalue weighted by Crippen LogP contribution is 2.16. The zero-order chi connectivity index (χ0) is 8.10. The summed E-state index contributed by atoms with van der Waals surface area (Å²) in [6, 6.07) is 0. The average Bonchev–Trinajstić information content (AvgIpc) is 2.40. The van der Waals surface area contributed by atoms with Gasteiger partial charge in [-0.1, -0.05) is 0 Å². The lowest BCUT2D eigenvalue weighted by atomic mass is 10.1. The normalized spacial score (nSPS) is 27.3. The van der Waals surface area contributed by atoms with E-state index < -0.39 is 0 Å². The summed E-state index contributed by atoms with van der Waals surface area (Å²) in [5.74, 6) is 0. The first-order chi connectivity index (χ1) is 5.33. The van der Waals surface area contributed by atoms with Crippen LogP contribution in [0.15, 0.2) is 0 Å². The fourth-order valence-corrected chi connectivity index (χ4v) is 1.45. The van der Waals surface area contributed by atoms with Crippen LogP contribution >= 0.6 is 0 Å². The molecule has 2 N–H and O–H groups in total. The van der Waals surface area contributed by atoms with Crippen molar-refractivity contribution in [3.05, 3.63) is 0 Å². The van der Waals surface area contributed by atoms with E-state index in [0.717, 1.165) is 25.9 Å². The lowest BCUT2D eigenvalue weighted by Crippen LogP contribution is -2.27. The van der Waals surface area contributed by atoms with Crippen molar-refractivity contribution in [3.63, 3.8) is 0 Å². The van der Waals surface area contributed by atoms with Gasteiger partial charge < -0.3 is 15.2 Å². The molecule has 2 unspecified atom stereocenters. The predicted octanol–water partition coefficient (Wildman–Crippen LogP) is 0.136. The van der Waals surface area contributed by atoms with Crippen LogP contribution in [-0.4, -0.2) is 37.5 Å². The molecular formula is C8H17NO2. The second-order valence-corrected chi connectivity index (χ2v) is 3.08. The zero-order valence-electron chi connectivity index (χ0n) is 7.05. The Balaban J connectivity index is 2.08. The van der Waals surface area contributed by atoms with E-state index in [9.17, 15) is 5.11 Å². The van der Waals surface area contributed by atoms with Crippen molar-refractivity contribution in [3.8, 4) is 0 Å². The first kappa shape index (κ1) is 8.97. The summed E-state index contributed by atoms with van der Waals surface area (Å²) in [4.78, 5) is 0. The van der Waals surface area contributed by atoms with Crippen molar-refractivity contribution in [1.82, 2.24) is 5.32 Å². The molecular weight excluding hydrogens is 142 g/mol. The summed E-state index contributed by atoms with van der Waals surface area (Å²) in [5, 5.41) is 12.3. The Hall–Kier alpha value is -0.120. The molecule has 0 spiro atoms. The van der Waals surface area contributed by atoms with Gasteiger partial charge in [0.15, 0.2) is 0 Å². The molecule has 0 radical (unpaired) electrons. The second kappa shape index (κ2) is 4.70. The van der Waals surface area contributed by atoms with Crippen molar-refractivity contribution in [2.45, 2.75) is 31.5 Å². The van der Waals surface area contributed by atoms with Gasteiger partial charge in [0.2, 0.25) is 0 Å². The molecule has 66 valence electrons. The van der Waals surface area contributed by atoms with Gasteiger partial charge in [0.25, 0.3) is 0 Å². The lowest BCUT2D eigenvalue weighted by Gasteiger charge is -2.14. The Kier molecular flexibility index (Phi) is 3.83. The number of ether oxygens (including phenoxy) is 1. The number of aliphatic hydroxyl groups is 1. The number of nitrogens with one attached hydrogen (secondary N) is 1. The molecule has 1 rings (SSSR count). The third kappa shape index (κ3) is 3.18. The van der Waals surface area contributed by atoms with E-state index in [1.54, 1.807) is 0 Å². The van der Waals surface area contributed by atoms with Crippen molar-refractivity contribution in [1.29, 1.82) is 0 Å². The molecule has 0 saturated carbocycles. The minimum Gasteiger partial charge on any atom is -0.392 e. The number of likely N-dealkylation sites (N-methyl/N-ethyl adjacent to an activating group) is 1. The molecule has 0 bridgehead atoms. The van der Waals surface area contributed by atoms with Gasteiger partial charge in [0.1, 0.15) is 0 Å². The van der Waals surface area contributed by atoms with E-state index in [-0.39, 0.29) is 6.10 Å². The van der Waals surface area contributed by atoms with E-state index in [1.807, 2.05) is 7.05 Å². The molecule has 1 heterocycles. The number of aliphatic hydroxyl groups excluding tert-OH is 1. The standard InChI is InChI=1S/C8H17NO2/c1-9-6-7(10)5-8-3-2-4-11-8/h7-10H,2-6H2,1H3. The van der Waals surface area contributed by atoms with Gasteiger partial charge in [-0.3, -0.25) is 0 Å². The van der Waals surface area contributed by atoms with E-state index in [0.29, 0.717) is 12.6 Å². The molecule has 0 amide bonds. The third-order valence-electron chi connectivity index (χ3n) is 2.00. The predicted molar refractivity (Wildman–Crippen MR) is 43.5 cm³/mol. The Morgan fingerprint density at radius 3 is 3.09 bits per heavy atom. The van der Waals surface area contributed by atoms with E-state index in [2.05, 4.69) is 5.32 Å². The molecule has 11 heavy (non-hydrogen) atoms. The van der Waals surface area contributed by atoms with Gasteiger partial charge in [-0.25, -0.2) is 0 Å². The largest absolute Gasteiger partial charge is 0.392 e. The number of hydrogen-bond donors (Lipinski definition) is 2. The highest BCUT2D eigenvalue weighted by atomic mass is 16.5. The highest BCUT2D eigenvalue weighted by molar-refractivity contribution is 4.70. The van der Waals surface area contributed by atoms with E-state index >= 15 is 0 Å². The molecule has 3 heteroatoms. The molecule has 0 aromatic heterocycles. The SMILES string of the molecule is CNCC(O)CC1CCCO1. The zero-order valence-corrected chi connectivity index (χ0v) is 7.05. The first-order valence-electron chi connectivity index (χ1n) is 4.27. The van der Waals surface area contributed by atoms with E-state index in [1.165, 1.54) is 0 Å². The summed E-state index contributed by atoms with van der Waals surface area (Å²) >= 11 is 0. The lowest BCUT2D eigenvalue weighted by molar-refractivity contribution is 0.0546. The number of hydrogen-bond acceptors (Lipinski definition) is 3. The van der Waals surface area contributed by atoms with Crippen LogP contribution in [0.5, 0.6) is 0 Å². The Bertz CT molecular complexity index is 102. The van der Waals surface area contributed by atoms with Gasteiger partial charge in [0, 0.05) is 19.6 Å². The van der Waals surface area contributed by atoms with Crippen LogP contribution in [0.25, 0.3) is 0 Å². The summed E-state index contributed by atoms with van der Waals surface area (Å²) in [6.45, 7) is 1.54. The van der Waals surface area contributed by atoms with Crippen molar-refractivity contribution in [2.24, 2.45) is 0 Å². The van der Waals surface area contributed by atoms with Crippen molar-refractivity contribution >= 4 is 0 Å². The average molecular weight is 159 g/mol. The molecule has 1 aliphatic rings. The maximum atomic E-state index is 9.37. The van der Waals surface area contributed by atoms with Gasteiger partial charge in [-0.2, -0.15) is 0 Å².